The summed E-state index contributed by atoms with van der Waals surface area (Å²) >= 11 is 1.54. The summed E-state index contributed by atoms with van der Waals surface area (Å²) in [6, 6.07) is 13.0. The molecule has 2 heterocycles. The van der Waals surface area contributed by atoms with Gasteiger partial charge in [0.15, 0.2) is 11.5 Å². The van der Waals surface area contributed by atoms with Crippen LogP contribution in [-0.2, 0) is 24.1 Å². The predicted molar refractivity (Wildman–Crippen MR) is 131 cm³/mol. The SMILES string of the molecule is O=C(CN(C(=O)Nc1ccc(C(F)(F)F)cc1)C1CC1)N(Cc1ccc2c(c1)OCO2)Cc1cccs1. The molecular formula is C26H24F3N3O4S. The molecule has 1 fully saturated rings. The van der Waals surface area contributed by atoms with Gasteiger partial charge in [-0.2, -0.15) is 13.2 Å². The number of alkyl halides is 3. The summed E-state index contributed by atoms with van der Waals surface area (Å²) in [6.07, 6.45) is -2.93. The van der Waals surface area contributed by atoms with Crippen LogP contribution in [0, 0.1) is 0 Å². The number of fused-ring (bicyclic) bond motifs is 1. The van der Waals surface area contributed by atoms with Gasteiger partial charge in [-0.3, -0.25) is 4.79 Å². The van der Waals surface area contributed by atoms with E-state index in [9.17, 15) is 22.8 Å². The molecule has 0 unspecified atom stereocenters. The lowest BCUT2D eigenvalue weighted by Gasteiger charge is -2.28. The average Bonchev–Trinajstić information content (AvgIpc) is 3.36. The van der Waals surface area contributed by atoms with Crippen LogP contribution in [0.1, 0.15) is 28.8 Å². The van der Waals surface area contributed by atoms with E-state index in [4.69, 9.17) is 9.47 Å². The third kappa shape index (κ3) is 6.16. The van der Waals surface area contributed by atoms with E-state index in [0.717, 1.165) is 35.4 Å². The monoisotopic (exact) mass is 531 g/mol. The number of carbonyl (C=O) groups is 2. The van der Waals surface area contributed by atoms with E-state index in [1.54, 1.807) is 11.0 Å². The molecule has 0 atom stereocenters. The Morgan fingerprint density at radius 1 is 1.00 bits per heavy atom. The number of hydrogen-bond donors (Lipinski definition) is 1. The first-order valence-corrected chi connectivity index (χ1v) is 12.6. The minimum absolute atomic E-state index is 0.0903. The zero-order valence-corrected chi connectivity index (χ0v) is 20.5. The van der Waals surface area contributed by atoms with Crippen LogP contribution in [0.25, 0.3) is 0 Å². The van der Waals surface area contributed by atoms with Crippen molar-refractivity contribution in [2.45, 2.75) is 38.1 Å². The Morgan fingerprint density at radius 2 is 1.76 bits per heavy atom. The summed E-state index contributed by atoms with van der Waals surface area (Å²) in [6.45, 7) is 0.699. The van der Waals surface area contributed by atoms with Gasteiger partial charge < -0.3 is 24.6 Å². The van der Waals surface area contributed by atoms with Gasteiger partial charge in [-0.25, -0.2) is 4.79 Å². The Kier molecular flexibility index (Phi) is 6.96. The second kappa shape index (κ2) is 10.3. The minimum atomic E-state index is -4.46. The first kappa shape index (κ1) is 24.9. The van der Waals surface area contributed by atoms with Crippen molar-refractivity contribution in [1.82, 2.24) is 9.80 Å². The van der Waals surface area contributed by atoms with Crippen LogP contribution < -0.4 is 14.8 Å². The van der Waals surface area contributed by atoms with Crippen molar-refractivity contribution in [3.63, 3.8) is 0 Å². The standard InChI is InChI=1S/C26H24F3N3O4S/c27-26(28,29)18-4-6-19(7-5-18)30-25(34)32(20-8-9-20)15-24(33)31(14-21-2-1-11-37-21)13-17-3-10-22-23(12-17)36-16-35-22/h1-7,10-12,20H,8-9,13-16H2,(H,30,34). The van der Waals surface area contributed by atoms with Crippen LogP contribution in [0.2, 0.25) is 0 Å². The second-order valence-corrected chi connectivity index (χ2v) is 9.91. The summed E-state index contributed by atoms with van der Waals surface area (Å²) in [5.74, 6) is 1.04. The van der Waals surface area contributed by atoms with Crippen LogP contribution in [0.15, 0.2) is 60.0 Å². The maximum Gasteiger partial charge on any atom is 0.416 e. The van der Waals surface area contributed by atoms with E-state index in [0.29, 0.717) is 24.6 Å². The molecule has 1 saturated carbocycles. The van der Waals surface area contributed by atoms with E-state index < -0.39 is 17.8 Å². The molecule has 0 spiro atoms. The Labute approximate surface area is 215 Å². The van der Waals surface area contributed by atoms with E-state index in [2.05, 4.69) is 5.32 Å². The fourth-order valence-electron chi connectivity index (χ4n) is 4.02. The molecule has 1 N–H and O–H groups in total. The van der Waals surface area contributed by atoms with Gasteiger partial charge >= 0.3 is 12.2 Å². The first-order chi connectivity index (χ1) is 17.8. The van der Waals surface area contributed by atoms with Gasteiger partial charge in [0.05, 0.1) is 12.1 Å². The second-order valence-electron chi connectivity index (χ2n) is 8.88. The normalized spacial score (nSPS) is 14.4. The van der Waals surface area contributed by atoms with Gasteiger partial charge in [0.1, 0.15) is 6.54 Å². The zero-order chi connectivity index (χ0) is 26.0. The lowest BCUT2D eigenvalue weighted by molar-refractivity contribution is -0.137. The highest BCUT2D eigenvalue weighted by atomic mass is 32.1. The van der Waals surface area contributed by atoms with Crippen molar-refractivity contribution in [2.75, 3.05) is 18.7 Å². The van der Waals surface area contributed by atoms with E-state index >= 15 is 0 Å². The maximum atomic E-state index is 13.5. The van der Waals surface area contributed by atoms with Crippen molar-refractivity contribution < 1.29 is 32.2 Å². The molecule has 0 saturated heterocycles. The predicted octanol–water partition coefficient (Wildman–Crippen LogP) is 5.72. The van der Waals surface area contributed by atoms with Crippen LogP contribution in [0.4, 0.5) is 23.7 Å². The van der Waals surface area contributed by atoms with Crippen molar-refractivity contribution >= 4 is 29.0 Å². The van der Waals surface area contributed by atoms with Gasteiger partial charge in [0, 0.05) is 23.2 Å². The number of rotatable bonds is 8. The van der Waals surface area contributed by atoms with Gasteiger partial charge in [0.25, 0.3) is 0 Å². The largest absolute Gasteiger partial charge is 0.454 e. The molecule has 37 heavy (non-hydrogen) atoms. The molecule has 7 nitrogen and oxygen atoms in total. The molecule has 1 aliphatic heterocycles. The minimum Gasteiger partial charge on any atom is -0.454 e. The maximum absolute atomic E-state index is 13.5. The topological polar surface area (TPSA) is 71.1 Å². The molecule has 5 rings (SSSR count). The highest BCUT2D eigenvalue weighted by Crippen LogP contribution is 2.34. The van der Waals surface area contributed by atoms with Crippen molar-refractivity contribution in [1.29, 1.82) is 0 Å². The Bertz CT molecular complexity index is 1260. The molecule has 0 radical (unpaired) electrons. The zero-order valence-electron chi connectivity index (χ0n) is 19.7. The number of benzene rings is 2. The molecule has 2 aromatic carbocycles. The van der Waals surface area contributed by atoms with Crippen LogP contribution in [0.5, 0.6) is 11.5 Å². The lowest BCUT2D eigenvalue weighted by Crippen LogP contribution is -2.45. The molecule has 3 amide bonds. The van der Waals surface area contributed by atoms with Gasteiger partial charge in [0.2, 0.25) is 12.7 Å². The fourth-order valence-corrected chi connectivity index (χ4v) is 4.74. The quantitative estimate of drug-likeness (QED) is 0.404. The van der Waals surface area contributed by atoms with Gasteiger partial charge in [-0.15, -0.1) is 11.3 Å². The molecular weight excluding hydrogens is 507 g/mol. The van der Waals surface area contributed by atoms with E-state index in [-0.39, 0.29) is 31.0 Å². The summed E-state index contributed by atoms with van der Waals surface area (Å²) in [4.78, 5) is 30.7. The number of anilines is 1. The number of carbonyl (C=O) groups excluding carboxylic acids is 2. The highest BCUT2D eigenvalue weighted by molar-refractivity contribution is 7.09. The molecule has 194 valence electrons. The summed E-state index contributed by atoms with van der Waals surface area (Å²) < 4.78 is 49.4. The smallest absolute Gasteiger partial charge is 0.416 e. The molecule has 1 aromatic heterocycles. The average molecular weight is 532 g/mol. The van der Waals surface area contributed by atoms with Gasteiger partial charge in [-0.1, -0.05) is 12.1 Å². The number of hydrogen-bond acceptors (Lipinski definition) is 5. The highest BCUT2D eigenvalue weighted by Gasteiger charge is 2.35. The third-order valence-corrected chi connectivity index (χ3v) is 6.97. The number of amides is 3. The van der Waals surface area contributed by atoms with Crippen molar-refractivity contribution in [3.8, 4) is 11.5 Å². The van der Waals surface area contributed by atoms with Crippen LogP contribution in [-0.4, -0.2) is 41.1 Å². The lowest BCUT2D eigenvalue weighted by atomic mass is 10.2. The number of ether oxygens (including phenoxy) is 2. The molecule has 3 aromatic rings. The summed E-state index contributed by atoms with van der Waals surface area (Å²) in [5.41, 5.74) is 0.292. The van der Waals surface area contributed by atoms with E-state index in [1.807, 2.05) is 29.6 Å². The number of nitrogens with zero attached hydrogens (tertiary/aromatic N) is 2. The Hall–Kier alpha value is -3.73. The molecule has 11 heteroatoms. The number of nitrogens with one attached hydrogen (secondary N) is 1. The third-order valence-electron chi connectivity index (χ3n) is 6.11. The van der Waals surface area contributed by atoms with E-state index in [1.165, 1.54) is 28.4 Å². The van der Waals surface area contributed by atoms with Gasteiger partial charge in [-0.05, 0) is 66.2 Å². The molecule has 2 aliphatic rings. The first-order valence-electron chi connectivity index (χ1n) is 11.7. The van der Waals surface area contributed by atoms with Crippen LogP contribution in [0.3, 0.4) is 0 Å². The number of halogens is 3. The number of urea groups is 1. The molecule has 0 bridgehead atoms. The van der Waals surface area contributed by atoms with Crippen molar-refractivity contribution in [2.24, 2.45) is 0 Å². The Morgan fingerprint density at radius 3 is 2.43 bits per heavy atom. The summed E-state index contributed by atoms with van der Waals surface area (Å²) in [7, 11) is 0. The summed E-state index contributed by atoms with van der Waals surface area (Å²) in [5, 5.41) is 4.57. The van der Waals surface area contributed by atoms with Crippen molar-refractivity contribution in [3.05, 3.63) is 76.0 Å². The molecule has 1 aliphatic carbocycles. The fraction of sp³-hybridized carbons (Fsp3) is 0.308. The Balaban J connectivity index is 1.29. The number of thiophene rings is 1. The van der Waals surface area contributed by atoms with Crippen LogP contribution >= 0.6 is 11.3 Å².